The van der Waals surface area contributed by atoms with E-state index >= 15 is 0 Å². The number of carboxylic acids is 2. The number of carbonyl (C=O) groups excluding carboxylic acids is 2. The maximum absolute atomic E-state index is 12.7. The van der Waals surface area contributed by atoms with Crippen LogP contribution in [-0.2, 0) is 24.0 Å². The van der Waals surface area contributed by atoms with Gasteiger partial charge in [-0.15, -0.1) is 23.1 Å². The Hall–Kier alpha value is -1.39. The van der Waals surface area contributed by atoms with Gasteiger partial charge in [0.2, 0.25) is 6.61 Å². The summed E-state index contributed by atoms with van der Waals surface area (Å²) in [4.78, 5) is 57.1. The summed E-state index contributed by atoms with van der Waals surface area (Å²) in [5.41, 5.74) is 5.48. The van der Waals surface area contributed by atoms with Gasteiger partial charge in [-0.3, -0.25) is 14.5 Å². The summed E-state index contributed by atoms with van der Waals surface area (Å²) < 4.78 is 0. The minimum atomic E-state index is -1.30. The number of carbonyl (C=O) groups is 4. The summed E-state index contributed by atoms with van der Waals surface area (Å²) in [5.74, 6) is -3.72. The summed E-state index contributed by atoms with van der Waals surface area (Å²) in [7, 11) is 0. The van der Waals surface area contributed by atoms with Crippen LogP contribution in [0.25, 0.3) is 0 Å². The number of thiazole rings is 1. The third kappa shape index (κ3) is 5.94. The first-order chi connectivity index (χ1) is 14.2. The van der Waals surface area contributed by atoms with Gasteiger partial charge in [0.05, 0.1) is 0 Å². The van der Waals surface area contributed by atoms with E-state index in [9.17, 15) is 24.3 Å². The summed E-state index contributed by atoms with van der Waals surface area (Å²) in [5, 5.41) is 25.0. The second kappa shape index (κ2) is 12.2. The average Bonchev–Trinajstić information content (AvgIpc) is 3.13. The molecular weight excluding hydrogens is 484 g/mol. The standard InChI is InChI=1S/C16H15N5O7S2.2Na.2H/c1-2-6-4-29-14-10(13(25)21(14)11(6)15(26)27)19-12(24)9(20-28-3-8(22)23)7-5-30-16(17)18-7;;;;/h2,5,10,14H,1,3-4H2,(H2,17,18)(H,19,24)(H,22,23)(H,26,27);;;;/b20-9-;;;;/t10-,14-;;;;/m1..../s1. The van der Waals surface area contributed by atoms with Gasteiger partial charge in [0.1, 0.15) is 22.8 Å². The van der Waals surface area contributed by atoms with Crippen LogP contribution in [0.5, 0.6) is 0 Å². The van der Waals surface area contributed by atoms with Crippen molar-refractivity contribution < 1.29 is 34.2 Å². The molecule has 2 aliphatic rings. The molecule has 1 aromatic heterocycles. The number of oxime groups is 1. The van der Waals surface area contributed by atoms with E-state index in [1.807, 2.05) is 0 Å². The van der Waals surface area contributed by atoms with Crippen LogP contribution in [0.15, 0.2) is 34.5 Å². The van der Waals surface area contributed by atoms with Gasteiger partial charge in [0, 0.05) is 11.1 Å². The fourth-order valence-corrected chi connectivity index (χ4v) is 4.65. The van der Waals surface area contributed by atoms with Crippen molar-refractivity contribution in [2.45, 2.75) is 11.4 Å². The van der Waals surface area contributed by atoms with Crippen molar-refractivity contribution in [2.75, 3.05) is 18.1 Å². The minimum absolute atomic E-state index is 0. The molecule has 0 spiro atoms. The molecule has 0 unspecified atom stereocenters. The Morgan fingerprint density at radius 3 is 2.62 bits per heavy atom. The molecule has 3 rings (SSSR count). The van der Waals surface area contributed by atoms with Gasteiger partial charge in [-0.25, -0.2) is 14.6 Å². The van der Waals surface area contributed by atoms with E-state index in [0.717, 1.165) is 16.2 Å². The zero-order valence-electron chi connectivity index (χ0n) is 15.1. The number of carboxylic acid groups (broad SMARTS) is 2. The fraction of sp³-hybridized carbons (Fsp3) is 0.250. The molecular formula is C16H17N5Na2O7S2. The number of nitrogens with zero attached hydrogens (tertiary/aromatic N) is 3. The molecule has 1 saturated heterocycles. The van der Waals surface area contributed by atoms with Crippen molar-refractivity contribution in [3.05, 3.63) is 35.0 Å². The Labute approximate surface area is 233 Å². The van der Waals surface area contributed by atoms with Crippen LogP contribution >= 0.6 is 23.1 Å². The van der Waals surface area contributed by atoms with Gasteiger partial charge in [-0.05, 0) is 5.57 Å². The number of thioether (sulfide) groups is 1. The molecule has 2 aliphatic heterocycles. The Morgan fingerprint density at radius 2 is 2.09 bits per heavy atom. The predicted octanol–water partition coefficient (Wildman–Crippen LogP) is -1.84. The SMILES string of the molecule is C=CC1=C(C(=O)O)N2C(=O)[C@@H](NC(=O)/C(=N\OCC(=O)O)c3csc(N)n3)[C@H]2SC1.[NaH].[NaH]. The molecule has 3 heterocycles. The molecule has 2 atom stereocenters. The van der Waals surface area contributed by atoms with Gasteiger partial charge < -0.3 is 26.1 Å². The van der Waals surface area contributed by atoms with Crippen molar-refractivity contribution in [2.24, 2.45) is 5.16 Å². The number of anilines is 1. The van der Waals surface area contributed by atoms with Crippen molar-refractivity contribution >= 4 is 117 Å². The third-order valence-electron chi connectivity index (χ3n) is 4.06. The number of aliphatic carboxylic acids is 2. The molecule has 32 heavy (non-hydrogen) atoms. The predicted molar refractivity (Wildman–Crippen MR) is 121 cm³/mol. The number of nitrogen functional groups attached to an aromatic ring is 1. The second-order valence-corrected chi connectivity index (χ2v) is 7.92. The van der Waals surface area contributed by atoms with E-state index in [2.05, 4.69) is 26.9 Å². The van der Waals surface area contributed by atoms with Crippen molar-refractivity contribution in [1.82, 2.24) is 15.2 Å². The van der Waals surface area contributed by atoms with Crippen LogP contribution in [-0.4, -0.2) is 132 Å². The first kappa shape index (κ1) is 28.6. The number of hydrogen-bond donors (Lipinski definition) is 4. The summed E-state index contributed by atoms with van der Waals surface area (Å²) >= 11 is 2.30. The number of nitrogens with two attached hydrogens (primary N) is 1. The molecule has 0 bridgehead atoms. The van der Waals surface area contributed by atoms with E-state index < -0.39 is 41.8 Å². The Morgan fingerprint density at radius 1 is 1.41 bits per heavy atom. The van der Waals surface area contributed by atoms with Crippen LogP contribution in [0, 0.1) is 0 Å². The molecule has 0 aliphatic carbocycles. The molecule has 2 amide bonds. The van der Waals surface area contributed by atoms with Gasteiger partial charge in [0.25, 0.3) is 11.8 Å². The summed E-state index contributed by atoms with van der Waals surface area (Å²) in [6.07, 6.45) is 1.38. The summed E-state index contributed by atoms with van der Waals surface area (Å²) in [6, 6.07) is -1.01. The average molecular weight is 501 g/mol. The van der Waals surface area contributed by atoms with Crippen molar-refractivity contribution in [3.8, 4) is 0 Å². The van der Waals surface area contributed by atoms with Crippen molar-refractivity contribution in [3.63, 3.8) is 0 Å². The van der Waals surface area contributed by atoms with Gasteiger partial charge >= 0.3 is 71.1 Å². The molecule has 5 N–H and O–H groups in total. The van der Waals surface area contributed by atoms with Crippen LogP contribution in [0.2, 0.25) is 0 Å². The number of aromatic nitrogens is 1. The Bertz CT molecular complexity index is 1010. The maximum atomic E-state index is 12.7. The molecule has 16 heteroatoms. The van der Waals surface area contributed by atoms with E-state index in [4.69, 9.17) is 10.8 Å². The van der Waals surface area contributed by atoms with E-state index in [0.29, 0.717) is 11.3 Å². The molecule has 0 radical (unpaired) electrons. The second-order valence-electron chi connectivity index (χ2n) is 5.92. The van der Waals surface area contributed by atoms with Gasteiger partial charge in [0.15, 0.2) is 10.8 Å². The van der Waals surface area contributed by atoms with E-state index in [1.165, 1.54) is 23.2 Å². The Balaban J connectivity index is 0.00000256. The molecule has 162 valence electrons. The molecule has 1 aromatic rings. The van der Waals surface area contributed by atoms with Gasteiger partial charge in [-0.1, -0.05) is 17.8 Å². The first-order valence-corrected chi connectivity index (χ1v) is 10.1. The fourth-order valence-electron chi connectivity index (χ4n) is 2.76. The quantitative estimate of drug-likeness (QED) is 0.137. The number of allylic oxidation sites excluding steroid dienone is 1. The van der Waals surface area contributed by atoms with Crippen LogP contribution < -0.4 is 11.1 Å². The third-order valence-corrected chi connectivity index (χ3v) is 6.03. The molecule has 0 aromatic carbocycles. The van der Waals surface area contributed by atoms with Crippen molar-refractivity contribution in [1.29, 1.82) is 0 Å². The zero-order valence-corrected chi connectivity index (χ0v) is 16.7. The Kier molecular flexibility index (Phi) is 10.9. The number of fused-ring (bicyclic) bond motifs is 1. The number of rotatable bonds is 8. The van der Waals surface area contributed by atoms with Crippen LogP contribution in [0.3, 0.4) is 0 Å². The first-order valence-electron chi connectivity index (χ1n) is 8.22. The monoisotopic (exact) mass is 501 g/mol. The number of amides is 2. The molecule has 12 nitrogen and oxygen atoms in total. The van der Waals surface area contributed by atoms with E-state index in [-0.39, 0.29) is 81.3 Å². The topological polar surface area (TPSA) is 185 Å². The summed E-state index contributed by atoms with van der Waals surface area (Å²) in [6.45, 7) is 2.77. The molecule has 0 saturated carbocycles. The zero-order chi connectivity index (χ0) is 22.0. The number of nitrogens with one attached hydrogen (secondary N) is 1. The number of β-lactam (4-membered cyclic amide) rings is 1. The van der Waals surface area contributed by atoms with E-state index in [1.54, 1.807) is 0 Å². The molecule has 1 fully saturated rings. The van der Waals surface area contributed by atoms with Crippen LogP contribution in [0.4, 0.5) is 5.13 Å². The number of hydrogen-bond acceptors (Lipinski definition) is 10. The van der Waals surface area contributed by atoms with Gasteiger partial charge in [-0.2, -0.15) is 0 Å². The van der Waals surface area contributed by atoms with Crippen LogP contribution in [0.1, 0.15) is 5.69 Å². The normalized spacial score (nSPS) is 19.6.